The van der Waals surface area contributed by atoms with Crippen molar-refractivity contribution in [3.8, 4) is 0 Å². The molecule has 0 bridgehead atoms. The van der Waals surface area contributed by atoms with Crippen molar-refractivity contribution in [2.75, 3.05) is 7.05 Å². The first-order valence-corrected chi connectivity index (χ1v) is 5.46. The lowest BCUT2D eigenvalue weighted by Crippen LogP contribution is -2.19. The number of allylic oxidation sites excluding steroid dienone is 1. The molecule has 0 saturated heterocycles. The summed E-state index contributed by atoms with van der Waals surface area (Å²) in [5, 5.41) is 2.52. The lowest BCUT2D eigenvalue weighted by atomic mass is 10.2. The number of nitrogens with one attached hydrogen (secondary N) is 1. The summed E-state index contributed by atoms with van der Waals surface area (Å²) in [4.78, 5) is 23.7. The molecule has 0 aromatic carbocycles. The van der Waals surface area contributed by atoms with Gasteiger partial charge in [-0.3, -0.25) is 9.79 Å². The molecular formula is C12H16N4O. The molecule has 0 saturated carbocycles. The van der Waals surface area contributed by atoms with E-state index >= 15 is 0 Å². The molecule has 0 fully saturated rings. The molecule has 0 radical (unpaired) electrons. The molecule has 0 aliphatic heterocycles. The van der Waals surface area contributed by atoms with Crippen LogP contribution in [0.5, 0.6) is 0 Å². The van der Waals surface area contributed by atoms with Crippen LogP contribution in [0, 0.1) is 0 Å². The SMILES string of the molecule is C/C=C(\N=CCC)c1cc(C(=O)NC)ncn1. The van der Waals surface area contributed by atoms with Crippen molar-refractivity contribution in [1.29, 1.82) is 0 Å². The van der Waals surface area contributed by atoms with Gasteiger partial charge in [-0.2, -0.15) is 0 Å². The minimum atomic E-state index is -0.233. The van der Waals surface area contributed by atoms with Gasteiger partial charge in [-0.05, 0) is 19.4 Å². The van der Waals surface area contributed by atoms with Gasteiger partial charge in [-0.1, -0.05) is 13.0 Å². The van der Waals surface area contributed by atoms with Crippen molar-refractivity contribution >= 4 is 17.8 Å². The normalized spacial score (nSPS) is 11.8. The van der Waals surface area contributed by atoms with Crippen molar-refractivity contribution in [2.24, 2.45) is 4.99 Å². The minimum absolute atomic E-state index is 0.233. The van der Waals surface area contributed by atoms with E-state index in [1.54, 1.807) is 19.3 Å². The van der Waals surface area contributed by atoms with Crippen LogP contribution in [0.15, 0.2) is 23.5 Å². The topological polar surface area (TPSA) is 67.2 Å². The molecule has 0 spiro atoms. The Morgan fingerprint density at radius 3 is 2.76 bits per heavy atom. The van der Waals surface area contributed by atoms with Crippen LogP contribution in [0.1, 0.15) is 36.5 Å². The highest BCUT2D eigenvalue weighted by atomic mass is 16.1. The van der Waals surface area contributed by atoms with Gasteiger partial charge in [0.15, 0.2) is 0 Å². The Morgan fingerprint density at radius 2 is 2.18 bits per heavy atom. The van der Waals surface area contributed by atoms with Crippen molar-refractivity contribution < 1.29 is 4.79 Å². The van der Waals surface area contributed by atoms with E-state index in [1.165, 1.54) is 6.33 Å². The van der Waals surface area contributed by atoms with Crippen molar-refractivity contribution in [3.05, 3.63) is 29.9 Å². The molecule has 0 aliphatic rings. The van der Waals surface area contributed by atoms with E-state index in [9.17, 15) is 4.79 Å². The van der Waals surface area contributed by atoms with Crippen LogP contribution >= 0.6 is 0 Å². The van der Waals surface area contributed by atoms with E-state index in [0.29, 0.717) is 11.4 Å². The van der Waals surface area contributed by atoms with E-state index in [2.05, 4.69) is 20.3 Å². The zero-order valence-electron chi connectivity index (χ0n) is 10.3. The van der Waals surface area contributed by atoms with Gasteiger partial charge in [0.05, 0.1) is 11.4 Å². The Kier molecular flexibility index (Phi) is 5.00. The van der Waals surface area contributed by atoms with Crippen LogP contribution in [-0.4, -0.2) is 29.1 Å². The van der Waals surface area contributed by atoms with Crippen LogP contribution in [0.3, 0.4) is 0 Å². The van der Waals surface area contributed by atoms with Crippen LogP contribution in [0.2, 0.25) is 0 Å². The minimum Gasteiger partial charge on any atom is -0.354 e. The maximum Gasteiger partial charge on any atom is 0.269 e. The molecular weight excluding hydrogens is 216 g/mol. The number of aromatic nitrogens is 2. The van der Waals surface area contributed by atoms with Gasteiger partial charge < -0.3 is 5.32 Å². The van der Waals surface area contributed by atoms with Crippen LogP contribution in [-0.2, 0) is 0 Å². The van der Waals surface area contributed by atoms with Crippen molar-refractivity contribution in [2.45, 2.75) is 20.3 Å². The third-order valence-electron chi connectivity index (χ3n) is 2.08. The third-order valence-corrected chi connectivity index (χ3v) is 2.08. The molecule has 90 valence electrons. The van der Waals surface area contributed by atoms with Crippen molar-refractivity contribution in [1.82, 2.24) is 15.3 Å². The second-order valence-corrected chi connectivity index (χ2v) is 3.26. The molecule has 0 aliphatic carbocycles. The Balaban J connectivity index is 3.05. The Morgan fingerprint density at radius 1 is 1.47 bits per heavy atom. The molecule has 0 atom stereocenters. The quantitative estimate of drug-likeness (QED) is 0.803. The number of rotatable bonds is 4. The van der Waals surface area contributed by atoms with E-state index in [4.69, 9.17) is 0 Å². The highest BCUT2D eigenvalue weighted by molar-refractivity contribution is 5.92. The zero-order chi connectivity index (χ0) is 12.7. The van der Waals surface area contributed by atoms with Gasteiger partial charge in [0, 0.05) is 13.3 Å². The second-order valence-electron chi connectivity index (χ2n) is 3.26. The van der Waals surface area contributed by atoms with Crippen LogP contribution in [0.4, 0.5) is 0 Å². The first-order valence-electron chi connectivity index (χ1n) is 5.46. The molecule has 1 rings (SSSR count). The molecule has 1 aromatic heterocycles. The number of nitrogens with zero attached hydrogens (tertiary/aromatic N) is 3. The third kappa shape index (κ3) is 3.48. The van der Waals surface area contributed by atoms with Gasteiger partial charge in [-0.15, -0.1) is 0 Å². The number of carbonyl (C=O) groups is 1. The maximum absolute atomic E-state index is 11.4. The Hall–Kier alpha value is -2.04. The molecule has 5 nitrogen and oxygen atoms in total. The smallest absolute Gasteiger partial charge is 0.269 e. The first-order chi connectivity index (χ1) is 8.22. The number of aliphatic imine (C=N–C) groups is 1. The number of amides is 1. The Bertz CT molecular complexity index is 452. The largest absolute Gasteiger partial charge is 0.354 e. The lowest BCUT2D eigenvalue weighted by molar-refractivity contribution is 0.0958. The summed E-state index contributed by atoms with van der Waals surface area (Å²) in [7, 11) is 1.57. The molecule has 1 heterocycles. The van der Waals surface area contributed by atoms with E-state index in [0.717, 1.165) is 12.1 Å². The van der Waals surface area contributed by atoms with E-state index < -0.39 is 0 Å². The predicted molar refractivity (Wildman–Crippen MR) is 67.9 cm³/mol. The number of hydrogen-bond acceptors (Lipinski definition) is 4. The number of carbonyl (C=O) groups excluding carboxylic acids is 1. The molecule has 1 N–H and O–H groups in total. The zero-order valence-corrected chi connectivity index (χ0v) is 10.3. The molecule has 1 aromatic rings. The molecule has 5 heteroatoms. The lowest BCUT2D eigenvalue weighted by Gasteiger charge is -2.02. The highest BCUT2D eigenvalue weighted by Crippen LogP contribution is 2.13. The standard InChI is InChI=1S/C12H16N4O/c1-4-6-14-9(5-2)10-7-11(12(17)13-3)16-8-15-10/h5-8H,4H2,1-3H3,(H,13,17)/b9-5-,14-6?. The summed E-state index contributed by atoms with van der Waals surface area (Å²) in [5.41, 5.74) is 1.72. The van der Waals surface area contributed by atoms with Crippen LogP contribution in [0.25, 0.3) is 5.70 Å². The average Bonchev–Trinajstić information content (AvgIpc) is 2.39. The summed E-state index contributed by atoms with van der Waals surface area (Å²) in [6.07, 6.45) is 5.87. The van der Waals surface area contributed by atoms with Crippen molar-refractivity contribution in [3.63, 3.8) is 0 Å². The summed E-state index contributed by atoms with van der Waals surface area (Å²) >= 11 is 0. The number of hydrogen-bond donors (Lipinski definition) is 1. The van der Waals surface area contributed by atoms with Crippen LogP contribution < -0.4 is 5.32 Å². The summed E-state index contributed by atoms with van der Waals surface area (Å²) in [6.45, 7) is 3.89. The monoisotopic (exact) mass is 232 g/mol. The summed E-state index contributed by atoms with van der Waals surface area (Å²) in [6, 6.07) is 1.63. The molecule has 17 heavy (non-hydrogen) atoms. The summed E-state index contributed by atoms with van der Waals surface area (Å²) in [5.74, 6) is -0.233. The fourth-order valence-corrected chi connectivity index (χ4v) is 1.23. The summed E-state index contributed by atoms with van der Waals surface area (Å²) < 4.78 is 0. The van der Waals surface area contributed by atoms with E-state index in [-0.39, 0.29) is 5.91 Å². The second kappa shape index (κ2) is 6.52. The van der Waals surface area contributed by atoms with Gasteiger partial charge in [-0.25, -0.2) is 9.97 Å². The highest BCUT2D eigenvalue weighted by Gasteiger charge is 2.08. The fraction of sp³-hybridized carbons (Fsp3) is 0.333. The van der Waals surface area contributed by atoms with Gasteiger partial charge in [0.2, 0.25) is 0 Å². The van der Waals surface area contributed by atoms with Gasteiger partial charge in [0.1, 0.15) is 12.0 Å². The maximum atomic E-state index is 11.4. The van der Waals surface area contributed by atoms with Gasteiger partial charge in [0.25, 0.3) is 5.91 Å². The molecule has 1 amide bonds. The molecule has 0 unspecified atom stereocenters. The van der Waals surface area contributed by atoms with E-state index in [1.807, 2.05) is 19.9 Å². The fourth-order valence-electron chi connectivity index (χ4n) is 1.23. The average molecular weight is 232 g/mol. The Labute approximate surface area is 101 Å². The first kappa shape index (κ1) is 13.0. The predicted octanol–water partition coefficient (Wildman–Crippen LogP) is 1.68. The van der Waals surface area contributed by atoms with Gasteiger partial charge >= 0.3 is 0 Å².